The molecule has 0 amide bonds. The first-order chi connectivity index (χ1) is 14.6. The van der Waals surface area contributed by atoms with Gasteiger partial charge in [0.1, 0.15) is 12.4 Å². The van der Waals surface area contributed by atoms with Crippen LogP contribution in [0.25, 0.3) is 0 Å². The molecule has 0 radical (unpaired) electrons. The quantitative estimate of drug-likeness (QED) is 0.433. The third kappa shape index (κ3) is 7.69. The van der Waals surface area contributed by atoms with Crippen LogP contribution >= 0.6 is 0 Å². The molecule has 2 aromatic carbocycles. The average molecular weight is 450 g/mol. The summed E-state index contributed by atoms with van der Waals surface area (Å²) in [5, 5.41) is 0. The van der Waals surface area contributed by atoms with Gasteiger partial charge in [0, 0.05) is 6.54 Å². The maximum Gasteiger partial charge on any atom is 0.314 e. The van der Waals surface area contributed by atoms with Gasteiger partial charge < -0.3 is 19.4 Å². The maximum absolute atomic E-state index is 13.0. The molecule has 0 aliphatic rings. The molecule has 0 heterocycles. The van der Waals surface area contributed by atoms with E-state index < -0.39 is 33.9 Å². The summed E-state index contributed by atoms with van der Waals surface area (Å²) >= 11 is 0. The molecule has 0 fully saturated rings. The fraction of sp³-hybridized carbons (Fsp3) is 0.364. The van der Waals surface area contributed by atoms with Gasteiger partial charge in [0.2, 0.25) is 0 Å². The third-order valence-corrected chi connectivity index (χ3v) is 4.77. The fourth-order valence-electron chi connectivity index (χ4n) is 2.94. The van der Waals surface area contributed by atoms with Crippen molar-refractivity contribution in [2.45, 2.75) is 32.5 Å². The van der Waals surface area contributed by atoms with E-state index in [1.807, 2.05) is 30.3 Å². The minimum Gasteiger partial charge on any atom is -0.463 e. The van der Waals surface area contributed by atoms with Crippen molar-refractivity contribution in [1.82, 2.24) is 0 Å². The zero-order chi connectivity index (χ0) is 23.0. The van der Waals surface area contributed by atoms with Crippen molar-refractivity contribution in [3.8, 4) is 5.75 Å². The summed E-state index contributed by atoms with van der Waals surface area (Å²) in [6.07, 6.45) is 0.546. The van der Waals surface area contributed by atoms with Crippen molar-refractivity contribution >= 4 is 22.1 Å². The van der Waals surface area contributed by atoms with E-state index in [1.54, 1.807) is 13.8 Å². The Kier molecular flexibility index (Phi) is 8.58. The van der Waals surface area contributed by atoms with Gasteiger partial charge in [-0.2, -0.15) is 8.42 Å². The van der Waals surface area contributed by atoms with E-state index in [-0.39, 0.29) is 25.0 Å². The number of benzene rings is 2. The Balaban J connectivity index is 2.31. The van der Waals surface area contributed by atoms with Gasteiger partial charge in [0.15, 0.2) is 0 Å². The summed E-state index contributed by atoms with van der Waals surface area (Å²) in [5.41, 5.74) is 7.05. The highest BCUT2D eigenvalue weighted by atomic mass is 32.2. The van der Waals surface area contributed by atoms with Crippen LogP contribution < -0.4 is 9.92 Å². The first-order valence-electron chi connectivity index (χ1n) is 9.71. The lowest BCUT2D eigenvalue weighted by atomic mass is 9.85. The Hall–Kier alpha value is -2.91. The van der Waals surface area contributed by atoms with Crippen molar-refractivity contribution in [2.24, 2.45) is 11.7 Å². The van der Waals surface area contributed by atoms with Gasteiger partial charge in [-0.3, -0.25) is 9.59 Å². The number of carbonyl (C=O) groups excluding carboxylic acids is 2. The van der Waals surface area contributed by atoms with Gasteiger partial charge in [-0.05, 0) is 37.1 Å². The highest BCUT2D eigenvalue weighted by molar-refractivity contribution is 7.86. The topological polar surface area (TPSA) is 122 Å². The van der Waals surface area contributed by atoms with Crippen LogP contribution in [0.3, 0.4) is 0 Å². The van der Waals surface area contributed by atoms with E-state index in [0.29, 0.717) is 5.56 Å². The second-order valence-corrected chi connectivity index (χ2v) is 8.83. The predicted molar refractivity (Wildman–Crippen MR) is 115 cm³/mol. The average Bonchev–Trinajstić information content (AvgIpc) is 2.70. The summed E-state index contributed by atoms with van der Waals surface area (Å²) < 4.78 is 38.2. The number of hydrogen-bond acceptors (Lipinski definition) is 8. The minimum atomic E-state index is -3.70. The van der Waals surface area contributed by atoms with Gasteiger partial charge in [0.25, 0.3) is 0 Å². The second kappa shape index (κ2) is 10.9. The molecule has 2 aromatic rings. The molecule has 0 aliphatic heterocycles. The van der Waals surface area contributed by atoms with Crippen LogP contribution in [0.15, 0.2) is 54.6 Å². The number of ether oxygens (including phenoxy) is 2. The van der Waals surface area contributed by atoms with E-state index in [0.717, 1.165) is 11.8 Å². The smallest absolute Gasteiger partial charge is 0.314 e. The Morgan fingerprint density at radius 1 is 0.968 bits per heavy atom. The number of carbonyl (C=O) groups is 2. The second-order valence-electron chi connectivity index (χ2n) is 7.26. The van der Waals surface area contributed by atoms with Crippen LogP contribution in [0.4, 0.5) is 0 Å². The predicted octanol–water partition coefficient (Wildman–Crippen LogP) is 2.38. The van der Waals surface area contributed by atoms with Gasteiger partial charge in [0.05, 0.1) is 24.2 Å². The first kappa shape index (κ1) is 24.4. The summed E-state index contributed by atoms with van der Waals surface area (Å²) in [6, 6.07) is 14.9. The maximum atomic E-state index is 13.0. The van der Waals surface area contributed by atoms with Crippen molar-refractivity contribution in [3.63, 3.8) is 0 Å². The van der Waals surface area contributed by atoms with Gasteiger partial charge >= 0.3 is 22.1 Å². The molecule has 2 unspecified atom stereocenters. The molecule has 31 heavy (non-hydrogen) atoms. The summed E-state index contributed by atoms with van der Waals surface area (Å²) in [4.78, 5) is 25.6. The van der Waals surface area contributed by atoms with Crippen LogP contribution in [-0.2, 0) is 35.8 Å². The van der Waals surface area contributed by atoms with Gasteiger partial charge in [-0.1, -0.05) is 42.5 Å². The van der Waals surface area contributed by atoms with Crippen LogP contribution in [0, 0.1) is 5.92 Å². The zero-order valence-electron chi connectivity index (χ0n) is 17.7. The summed E-state index contributed by atoms with van der Waals surface area (Å²) in [6.45, 7) is 3.29. The summed E-state index contributed by atoms with van der Waals surface area (Å²) in [5.74, 6) is -3.19. The molecule has 9 heteroatoms. The Morgan fingerprint density at radius 2 is 1.58 bits per heavy atom. The van der Waals surface area contributed by atoms with Crippen LogP contribution in [0.1, 0.15) is 30.9 Å². The number of hydrogen-bond donors (Lipinski definition) is 1. The number of esters is 2. The van der Waals surface area contributed by atoms with Crippen molar-refractivity contribution in [2.75, 3.05) is 12.8 Å². The number of nitrogens with two attached hydrogens (primary N) is 1. The number of rotatable bonds is 10. The summed E-state index contributed by atoms with van der Waals surface area (Å²) in [7, 11) is -3.70. The highest BCUT2D eigenvalue weighted by Gasteiger charge is 2.37. The standard InChI is InChI=1S/C22H27NO7S/c1-15(2)29-21(24)19(13-23)20(22(25)28-14-16-7-5-4-6-8-16)17-9-11-18(12-10-17)30-31(3,26)27/h4-12,15,19-20H,13-14,23H2,1-3H3. The van der Waals surface area contributed by atoms with Crippen LogP contribution in [-0.4, -0.2) is 39.3 Å². The Labute approximate surface area is 182 Å². The van der Waals surface area contributed by atoms with Crippen LogP contribution in [0.2, 0.25) is 0 Å². The van der Waals surface area contributed by atoms with Crippen molar-refractivity contribution in [3.05, 3.63) is 65.7 Å². The SMILES string of the molecule is CC(C)OC(=O)C(CN)C(C(=O)OCc1ccccc1)c1ccc(OS(C)(=O)=O)cc1. The fourth-order valence-corrected chi connectivity index (χ4v) is 3.41. The van der Waals surface area contributed by atoms with E-state index in [2.05, 4.69) is 0 Å². The Bertz CT molecular complexity index is 973. The molecular formula is C22H27NO7S. The largest absolute Gasteiger partial charge is 0.463 e. The van der Waals surface area contributed by atoms with E-state index in [9.17, 15) is 18.0 Å². The van der Waals surface area contributed by atoms with Crippen molar-refractivity contribution in [1.29, 1.82) is 0 Å². The third-order valence-electron chi connectivity index (χ3n) is 4.28. The molecule has 0 bridgehead atoms. The highest BCUT2D eigenvalue weighted by Crippen LogP contribution is 2.29. The molecule has 2 N–H and O–H groups in total. The molecule has 0 aromatic heterocycles. The molecular weight excluding hydrogens is 422 g/mol. The monoisotopic (exact) mass is 449 g/mol. The molecule has 0 aliphatic carbocycles. The molecule has 0 spiro atoms. The molecule has 0 saturated carbocycles. The molecule has 168 valence electrons. The lowest BCUT2D eigenvalue weighted by Crippen LogP contribution is -2.37. The zero-order valence-corrected chi connectivity index (χ0v) is 18.5. The molecule has 0 saturated heterocycles. The van der Waals surface area contributed by atoms with Gasteiger partial charge in [-0.15, -0.1) is 0 Å². The van der Waals surface area contributed by atoms with Crippen LogP contribution in [0.5, 0.6) is 5.75 Å². The van der Waals surface area contributed by atoms with Gasteiger partial charge in [-0.25, -0.2) is 0 Å². The molecule has 2 rings (SSSR count). The Morgan fingerprint density at radius 3 is 2.10 bits per heavy atom. The van der Waals surface area contributed by atoms with E-state index >= 15 is 0 Å². The molecule has 2 atom stereocenters. The van der Waals surface area contributed by atoms with Crippen molar-refractivity contribution < 1.29 is 31.7 Å². The first-order valence-corrected chi connectivity index (χ1v) is 11.5. The minimum absolute atomic E-state index is 0.0297. The van der Waals surface area contributed by atoms with E-state index in [1.165, 1.54) is 24.3 Å². The normalized spacial score (nSPS) is 13.3. The lowest BCUT2D eigenvalue weighted by molar-refractivity contribution is -0.160. The van der Waals surface area contributed by atoms with E-state index in [4.69, 9.17) is 19.4 Å². The lowest BCUT2D eigenvalue weighted by Gasteiger charge is -2.24. The molecule has 8 nitrogen and oxygen atoms in total.